The van der Waals surface area contributed by atoms with Gasteiger partial charge in [-0.3, -0.25) is 9.79 Å². The molecule has 2 nitrogen and oxygen atoms in total. The Morgan fingerprint density at radius 1 is 1.70 bits per heavy atom. The molecular weight excluding hydrogens is 146 g/mol. The second-order valence-electron chi connectivity index (χ2n) is 2.74. The molecule has 0 aliphatic carbocycles. The van der Waals surface area contributed by atoms with E-state index < -0.39 is 0 Å². The highest BCUT2D eigenvalue weighted by Crippen LogP contribution is 2.36. The Kier molecular flexibility index (Phi) is 1.52. The van der Waals surface area contributed by atoms with E-state index >= 15 is 0 Å². The molecule has 2 aliphatic heterocycles. The van der Waals surface area contributed by atoms with E-state index in [0.717, 1.165) is 19.4 Å². The third kappa shape index (κ3) is 0.985. The first-order valence-electron chi connectivity index (χ1n) is 3.56. The lowest BCUT2D eigenvalue weighted by atomic mass is 9.99. The molecule has 0 aromatic carbocycles. The van der Waals surface area contributed by atoms with Crippen molar-refractivity contribution in [2.24, 2.45) is 10.9 Å². The third-order valence-corrected chi connectivity index (χ3v) is 3.32. The van der Waals surface area contributed by atoms with Gasteiger partial charge < -0.3 is 0 Å². The second-order valence-corrected chi connectivity index (χ2v) is 4.04. The molecular formula is C7H9NOS. The molecule has 0 N–H and O–H groups in total. The summed E-state index contributed by atoms with van der Waals surface area (Å²) in [6, 6.07) is 0. The highest BCUT2D eigenvalue weighted by Gasteiger charge is 2.33. The molecule has 3 heteroatoms. The van der Waals surface area contributed by atoms with Crippen molar-refractivity contribution in [2.75, 3.05) is 6.54 Å². The highest BCUT2D eigenvalue weighted by atomic mass is 32.2. The van der Waals surface area contributed by atoms with E-state index in [0.29, 0.717) is 16.3 Å². The zero-order valence-electron chi connectivity index (χ0n) is 5.62. The first-order valence-corrected chi connectivity index (χ1v) is 4.43. The van der Waals surface area contributed by atoms with Crippen LogP contribution in [0.3, 0.4) is 0 Å². The molecule has 1 saturated heterocycles. The lowest BCUT2D eigenvalue weighted by Crippen LogP contribution is -2.18. The number of fused-ring (bicyclic) bond motifs is 1. The minimum atomic E-state index is 0.350. The number of thioether (sulfide) groups is 1. The maximum absolute atomic E-state index is 10.9. The number of hydrogen-bond donors (Lipinski definition) is 0. The zero-order valence-corrected chi connectivity index (χ0v) is 6.43. The van der Waals surface area contributed by atoms with Crippen LogP contribution in [0.1, 0.15) is 12.8 Å². The van der Waals surface area contributed by atoms with Crippen molar-refractivity contribution in [1.82, 2.24) is 0 Å². The van der Waals surface area contributed by atoms with E-state index in [4.69, 9.17) is 0 Å². The molecule has 1 fully saturated rings. The molecule has 2 rings (SSSR count). The van der Waals surface area contributed by atoms with E-state index in [2.05, 4.69) is 4.99 Å². The number of hydrogen-bond acceptors (Lipinski definition) is 3. The fourth-order valence-electron chi connectivity index (χ4n) is 1.46. The van der Waals surface area contributed by atoms with Crippen molar-refractivity contribution in [3.8, 4) is 0 Å². The summed E-state index contributed by atoms with van der Waals surface area (Å²) in [5.74, 6) is 0.464. The molecule has 10 heavy (non-hydrogen) atoms. The summed E-state index contributed by atoms with van der Waals surface area (Å²) < 4.78 is 0. The first kappa shape index (κ1) is 6.40. The minimum absolute atomic E-state index is 0.350. The molecule has 2 atom stereocenters. The Morgan fingerprint density at radius 2 is 2.60 bits per heavy atom. The Bertz CT molecular complexity index is 190. The average molecular weight is 155 g/mol. The van der Waals surface area contributed by atoms with Gasteiger partial charge in [0.2, 0.25) is 0 Å². The van der Waals surface area contributed by atoms with Gasteiger partial charge in [-0.15, -0.1) is 0 Å². The van der Waals surface area contributed by atoms with Crippen LogP contribution in [0.25, 0.3) is 0 Å². The van der Waals surface area contributed by atoms with E-state index in [1.807, 2.05) is 6.21 Å². The highest BCUT2D eigenvalue weighted by molar-refractivity contribution is 8.14. The molecule has 2 unspecified atom stereocenters. The van der Waals surface area contributed by atoms with Crippen LogP contribution in [-0.2, 0) is 4.79 Å². The fourth-order valence-corrected chi connectivity index (χ4v) is 2.65. The Morgan fingerprint density at radius 3 is 3.40 bits per heavy atom. The molecule has 2 heterocycles. The van der Waals surface area contributed by atoms with Crippen LogP contribution in [0, 0.1) is 5.92 Å². The van der Waals surface area contributed by atoms with Gasteiger partial charge in [0.25, 0.3) is 0 Å². The number of nitrogens with zero attached hydrogens (tertiary/aromatic N) is 1. The Hall–Kier alpha value is -0.310. The molecule has 2 aliphatic rings. The van der Waals surface area contributed by atoms with Gasteiger partial charge in [0, 0.05) is 30.3 Å². The van der Waals surface area contributed by atoms with E-state index in [-0.39, 0.29) is 0 Å². The van der Waals surface area contributed by atoms with Gasteiger partial charge >= 0.3 is 0 Å². The van der Waals surface area contributed by atoms with Gasteiger partial charge in [0.15, 0.2) is 5.12 Å². The summed E-state index contributed by atoms with van der Waals surface area (Å²) in [7, 11) is 0. The summed E-state index contributed by atoms with van der Waals surface area (Å²) >= 11 is 1.52. The molecule has 0 aromatic rings. The van der Waals surface area contributed by atoms with Gasteiger partial charge in [-0.2, -0.15) is 0 Å². The monoisotopic (exact) mass is 155 g/mol. The van der Waals surface area contributed by atoms with Crippen LogP contribution in [0.5, 0.6) is 0 Å². The van der Waals surface area contributed by atoms with Crippen molar-refractivity contribution < 1.29 is 4.79 Å². The van der Waals surface area contributed by atoms with E-state index in [1.165, 1.54) is 11.8 Å². The summed E-state index contributed by atoms with van der Waals surface area (Å²) in [5.41, 5.74) is 0. The van der Waals surface area contributed by atoms with Crippen LogP contribution in [0.15, 0.2) is 4.99 Å². The maximum atomic E-state index is 10.9. The van der Waals surface area contributed by atoms with Crippen LogP contribution >= 0.6 is 11.8 Å². The van der Waals surface area contributed by atoms with Crippen molar-refractivity contribution in [2.45, 2.75) is 18.1 Å². The van der Waals surface area contributed by atoms with Gasteiger partial charge in [0.1, 0.15) is 0 Å². The predicted octanol–water partition coefficient (Wildman–Crippen LogP) is 1.11. The van der Waals surface area contributed by atoms with E-state index in [9.17, 15) is 4.79 Å². The first-order chi connectivity index (χ1) is 4.86. The molecule has 0 saturated carbocycles. The largest absolute Gasteiger partial charge is 0.297 e. The number of aliphatic imine (C=N–C) groups is 1. The van der Waals surface area contributed by atoms with Crippen LogP contribution in [0.4, 0.5) is 0 Å². The molecule has 0 radical (unpaired) electrons. The number of rotatable bonds is 0. The maximum Gasteiger partial charge on any atom is 0.189 e. The molecule has 0 spiro atoms. The minimum Gasteiger partial charge on any atom is -0.297 e. The molecule has 0 aromatic heterocycles. The summed E-state index contributed by atoms with van der Waals surface area (Å²) in [6.07, 6.45) is 3.78. The van der Waals surface area contributed by atoms with E-state index in [1.54, 1.807) is 0 Å². The number of carbonyl (C=O) groups is 1. The second kappa shape index (κ2) is 2.38. The smallest absolute Gasteiger partial charge is 0.189 e. The zero-order chi connectivity index (χ0) is 6.97. The Labute approximate surface area is 64.1 Å². The summed E-state index contributed by atoms with van der Waals surface area (Å²) in [5, 5.41) is 0.911. The summed E-state index contributed by atoms with van der Waals surface area (Å²) in [4.78, 5) is 15.1. The van der Waals surface area contributed by atoms with Crippen molar-refractivity contribution >= 4 is 23.1 Å². The molecule has 0 amide bonds. The normalized spacial score (nSPS) is 38.2. The molecule has 54 valence electrons. The van der Waals surface area contributed by atoms with Crippen LogP contribution in [0.2, 0.25) is 0 Å². The average Bonchev–Trinajstić information content (AvgIpc) is 2.27. The van der Waals surface area contributed by atoms with Crippen LogP contribution in [-0.4, -0.2) is 23.1 Å². The van der Waals surface area contributed by atoms with Gasteiger partial charge in [-0.05, 0) is 6.42 Å². The number of carbonyl (C=O) groups excluding carboxylic acids is 1. The van der Waals surface area contributed by atoms with Crippen molar-refractivity contribution in [1.29, 1.82) is 0 Å². The van der Waals surface area contributed by atoms with Gasteiger partial charge in [0.05, 0.1) is 0 Å². The predicted molar refractivity (Wildman–Crippen MR) is 42.5 cm³/mol. The standard InChI is InChI=1S/C7H9NOS/c9-7-3-5-4-8-2-1-6(5)10-7/h4-6H,1-3H2. The quantitative estimate of drug-likeness (QED) is 0.524. The SMILES string of the molecule is O=C1CC2C=NCCC2S1. The van der Waals surface area contributed by atoms with Crippen molar-refractivity contribution in [3.05, 3.63) is 0 Å². The van der Waals surface area contributed by atoms with Crippen LogP contribution < -0.4 is 0 Å². The molecule has 0 bridgehead atoms. The van der Waals surface area contributed by atoms with Crippen molar-refractivity contribution in [3.63, 3.8) is 0 Å². The lowest BCUT2D eigenvalue weighted by molar-refractivity contribution is -0.110. The lowest BCUT2D eigenvalue weighted by Gasteiger charge is -2.15. The van der Waals surface area contributed by atoms with Gasteiger partial charge in [-0.1, -0.05) is 11.8 Å². The topological polar surface area (TPSA) is 29.4 Å². The van der Waals surface area contributed by atoms with Gasteiger partial charge in [-0.25, -0.2) is 0 Å². The fraction of sp³-hybridized carbons (Fsp3) is 0.714. The third-order valence-electron chi connectivity index (χ3n) is 2.00. The summed E-state index contributed by atoms with van der Waals surface area (Å²) in [6.45, 7) is 0.918. The Balaban J connectivity index is 2.15.